The molecule has 1 saturated heterocycles. The summed E-state index contributed by atoms with van der Waals surface area (Å²) in [6.07, 6.45) is 6.92. The lowest BCUT2D eigenvalue weighted by molar-refractivity contribution is 0.105. The highest BCUT2D eigenvalue weighted by Gasteiger charge is 2.14. The minimum atomic E-state index is 0. The highest BCUT2D eigenvalue weighted by atomic mass is 127. The fourth-order valence-electron chi connectivity index (χ4n) is 3.10. The van der Waals surface area contributed by atoms with E-state index in [0.29, 0.717) is 6.10 Å². The van der Waals surface area contributed by atoms with Gasteiger partial charge in [0.05, 0.1) is 6.10 Å². The van der Waals surface area contributed by atoms with E-state index in [9.17, 15) is 0 Å². The molecule has 0 saturated carbocycles. The molecule has 2 aromatic rings. The first-order valence-corrected chi connectivity index (χ1v) is 8.48. The molecule has 24 heavy (non-hydrogen) atoms. The van der Waals surface area contributed by atoms with E-state index in [1.165, 1.54) is 29.3 Å². The number of hydrogen-bond donors (Lipinski definition) is 3. The van der Waals surface area contributed by atoms with Gasteiger partial charge in [-0.3, -0.25) is 4.99 Å². The summed E-state index contributed by atoms with van der Waals surface area (Å²) < 4.78 is 5.64. The topological polar surface area (TPSA) is 61.4 Å². The van der Waals surface area contributed by atoms with Gasteiger partial charge in [0.1, 0.15) is 0 Å². The van der Waals surface area contributed by atoms with E-state index in [-0.39, 0.29) is 24.0 Å². The highest BCUT2D eigenvalue weighted by Crippen LogP contribution is 2.17. The molecule has 1 fully saturated rings. The number of para-hydroxylation sites is 1. The standard InChI is InChI=1S/C18H26N4O.HI/c1-19-18(21-11-9-15-5-4-12-23-15)20-10-8-14-13-22-17-7-3-2-6-16(14)17;/h2-3,6-7,13,15,22H,4-5,8-12H2,1H3,(H2,19,20,21);1H. The van der Waals surface area contributed by atoms with E-state index in [4.69, 9.17) is 4.74 Å². The van der Waals surface area contributed by atoms with Crippen molar-refractivity contribution >= 4 is 40.8 Å². The number of hydrogen-bond acceptors (Lipinski definition) is 2. The van der Waals surface area contributed by atoms with Crippen molar-refractivity contribution in [3.8, 4) is 0 Å². The molecule has 1 aromatic heterocycles. The maximum Gasteiger partial charge on any atom is 0.190 e. The largest absolute Gasteiger partial charge is 0.378 e. The van der Waals surface area contributed by atoms with Gasteiger partial charge in [-0.25, -0.2) is 0 Å². The smallest absolute Gasteiger partial charge is 0.190 e. The molecular weight excluding hydrogens is 415 g/mol. The van der Waals surface area contributed by atoms with Crippen LogP contribution in [0.2, 0.25) is 0 Å². The van der Waals surface area contributed by atoms with Crippen LogP contribution in [0.15, 0.2) is 35.5 Å². The third kappa shape index (κ3) is 5.11. The van der Waals surface area contributed by atoms with Crippen molar-refractivity contribution in [3.63, 3.8) is 0 Å². The molecule has 3 N–H and O–H groups in total. The molecule has 0 bridgehead atoms. The molecule has 1 aliphatic heterocycles. The third-order valence-corrected chi connectivity index (χ3v) is 4.37. The van der Waals surface area contributed by atoms with Crippen molar-refractivity contribution < 1.29 is 4.74 Å². The van der Waals surface area contributed by atoms with E-state index >= 15 is 0 Å². The Bertz CT molecular complexity index is 649. The number of aromatic amines is 1. The molecule has 1 aliphatic rings. The van der Waals surface area contributed by atoms with Crippen LogP contribution < -0.4 is 10.6 Å². The van der Waals surface area contributed by atoms with Gasteiger partial charge in [0.15, 0.2) is 5.96 Å². The first kappa shape index (κ1) is 19.1. The van der Waals surface area contributed by atoms with E-state index in [0.717, 1.165) is 38.5 Å². The fourth-order valence-corrected chi connectivity index (χ4v) is 3.10. The fraction of sp³-hybridized carbons (Fsp3) is 0.500. The van der Waals surface area contributed by atoms with Gasteiger partial charge in [0.2, 0.25) is 0 Å². The molecule has 1 atom stereocenters. The lowest BCUT2D eigenvalue weighted by Gasteiger charge is -2.14. The molecule has 1 unspecified atom stereocenters. The quantitative estimate of drug-likeness (QED) is 0.366. The monoisotopic (exact) mass is 442 g/mol. The molecule has 132 valence electrons. The molecule has 1 aromatic carbocycles. The van der Waals surface area contributed by atoms with Crippen molar-refractivity contribution in [1.82, 2.24) is 15.6 Å². The molecule has 3 rings (SSSR count). The Balaban J connectivity index is 0.00000208. The van der Waals surface area contributed by atoms with Gasteiger partial charge in [0.25, 0.3) is 0 Å². The molecule has 0 spiro atoms. The van der Waals surface area contributed by atoms with Crippen LogP contribution >= 0.6 is 24.0 Å². The number of guanidine groups is 1. The number of nitrogens with one attached hydrogen (secondary N) is 3. The number of ether oxygens (including phenoxy) is 1. The van der Waals surface area contributed by atoms with Crippen LogP contribution in [0.3, 0.4) is 0 Å². The highest BCUT2D eigenvalue weighted by molar-refractivity contribution is 14.0. The summed E-state index contributed by atoms with van der Waals surface area (Å²) >= 11 is 0. The second-order valence-corrected chi connectivity index (χ2v) is 5.96. The first-order chi connectivity index (χ1) is 11.4. The van der Waals surface area contributed by atoms with Crippen LogP contribution in [-0.2, 0) is 11.2 Å². The second kappa shape index (κ2) is 9.88. The molecule has 0 radical (unpaired) electrons. The van der Waals surface area contributed by atoms with Crippen LogP contribution in [0.5, 0.6) is 0 Å². The Morgan fingerprint density at radius 1 is 1.29 bits per heavy atom. The van der Waals surface area contributed by atoms with Crippen molar-refractivity contribution in [3.05, 3.63) is 36.0 Å². The Morgan fingerprint density at radius 2 is 2.12 bits per heavy atom. The summed E-state index contributed by atoms with van der Waals surface area (Å²) in [5, 5.41) is 8.05. The van der Waals surface area contributed by atoms with Crippen molar-refractivity contribution in [2.24, 2.45) is 4.99 Å². The van der Waals surface area contributed by atoms with Crippen molar-refractivity contribution in [1.29, 1.82) is 0 Å². The number of rotatable bonds is 6. The summed E-state index contributed by atoms with van der Waals surface area (Å²) in [5.41, 5.74) is 2.53. The maximum absolute atomic E-state index is 5.64. The van der Waals surface area contributed by atoms with Gasteiger partial charge in [0, 0.05) is 43.8 Å². The number of H-pyrrole nitrogens is 1. The Kier molecular flexibility index (Phi) is 7.84. The van der Waals surface area contributed by atoms with Gasteiger partial charge in [-0.1, -0.05) is 18.2 Å². The lowest BCUT2D eigenvalue weighted by Crippen LogP contribution is -2.39. The number of nitrogens with zero attached hydrogens (tertiary/aromatic N) is 1. The van der Waals surface area contributed by atoms with Gasteiger partial charge in [-0.05, 0) is 37.3 Å². The van der Waals surface area contributed by atoms with Crippen LogP contribution in [-0.4, -0.2) is 43.8 Å². The molecule has 2 heterocycles. The Labute approximate surface area is 160 Å². The first-order valence-electron chi connectivity index (χ1n) is 8.48. The van der Waals surface area contributed by atoms with Crippen LogP contribution in [0.4, 0.5) is 0 Å². The lowest BCUT2D eigenvalue weighted by atomic mass is 10.1. The van der Waals surface area contributed by atoms with Gasteiger partial charge in [-0.15, -0.1) is 24.0 Å². The van der Waals surface area contributed by atoms with Gasteiger partial charge in [-0.2, -0.15) is 0 Å². The zero-order valence-corrected chi connectivity index (χ0v) is 16.5. The van der Waals surface area contributed by atoms with E-state index in [1.54, 1.807) is 0 Å². The molecule has 0 amide bonds. The summed E-state index contributed by atoms with van der Waals surface area (Å²) in [4.78, 5) is 7.60. The van der Waals surface area contributed by atoms with Crippen LogP contribution in [0, 0.1) is 0 Å². The minimum Gasteiger partial charge on any atom is -0.378 e. The van der Waals surface area contributed by atoms with E-state index < -0.39 is 0 Å². The summed E-state index contributed by atoms with van der Waals surface area (Å²) in [5.74, 6) is 0.864. The van der Waals surface area contributed by atoms with Gasteiger partial charge < -0.3 is 20.4 Å². The Hall–Kier alpha value is -1.28. The van der Waals surface area contributed by atoms with E-state index in [1.807, 2.05) is 7.05 Å². The summed E-state index contributed by atoms with van der Waals surface area (Å²) in [6, 6.07) is 8.41. The van der Waals surface area contributed by atoms with Crippen molar-refractivity contribution in [2.75, 3.05) is 26.7 Å². The minimum absolute atomic E-state index is 0. The Morgan fingerprint density at radius 3 is 2.92 bits per heavy atom. The maximum atomic E-state index is 5.64. The van der Waals surface area contributed by atoms with Gasteiger partial charge >= 0.3 is 0 Å². The average Bonchev–Trinajstić information content (AvgIpc) is 3.23. The molecular formula is C18H27IN4O. The van der Waals surface area contributed by atoms with Crippen LogP contribution in [0.1, 0.15) is 24.8 Å². The number of fused-ring (bicyclic) bond motifs is 1. The molecule has 6 heteroatoms. The normalized spacial score (nSPS) is 17.7. The molecule has 5 nitrogen and oxygen atoms in total. The predicted octanol–water partition coefficient (Wildman–Crippen LogP) is 3.06. The number of aliphatic imine (C=N–C) groups is 1. The molecule has 0 aliphatic carbocycles. The predicted molar refractivity (Wildman–Crippen MR) is 110 cm³/mol. The summed E-state index contributed by atoms with van der Waals surface area (Å²) in [7, 11) is 1.81. The SMILES string of the molecule is CN=C(NCCc1c[nH]c2ccccc12)NCCC1CCCO1.I. The number of aromatic nitrogens is 1. The second-order valence-electron chi connectivity index (χ2n) is 5.96. The number of halogens is 1. The van der Waals surface area contributed by atoms with Crippen molar-refractivity contribution in [2.45, 2.75) is 31.8 Å². The van der Waals surface area contributed by atoms with Crippen LogP contribution in [0.25, 0.3) is 10.9 Å². The average molecular weight is 442 g/mol. The summed E-state index contributed by atoms with van der Waals surface area (Å²) in [6.45, 7) is 2.68. The van der Waals surface area contributed by atoms with E-state index in [2.05, 4.69) is 51.1 Å². The zero-order chi connectivity index (χ0) is 15.9. The zero-order valence-electron chi connectivity index (χ0n) is 14.2. The number of benzene rings is 1. The third-order valence-electron chi connectivity index (χ3n) is 4.37.